The van der Waals surface area contributed by atoms with E-state index in [2.05, 4.69) is 24.3 Å². The maximum atomic E-state index is 10.3. The van der Waals surface area contributed by atoms with Gasteiger partial charge in [0.25, 0.3) is 0 Å². The highest BCUT2D eigenvalue weighted by atomic mass is 16.1. The number of carbonyl (C=O) groups excluding carboxylic acids is 1. The summed E-state index contributed by atoms with van der Waals surface area (Å²) >= 11 is 0. The van der Waals surface area contributed by atoms with Crippen LogP contribution >= 0.6 is 0 Å². The van der Waals surface area contributed by atoms with E-state index in [0.717, 1.165) is 18.6 Å². The molecule has 1 aromatic carbocycles. The van der Waals surface area contributed by atoms with Gasteiger partial charge < -0.3 is 4.79 Å². The zero-order chi connectivity index (χ0) is 10.5. The smallest absolute Gasteiger partial charge is 0.120 e. The average Bonchev–Trinajstić information content (AvgIpc) is 2.80. The third kappa shape index (κ3) is 2.68. The lowest BCUT2D eigenvalue weighted by Crippen LogP contribution is -1.94. The van der Waals surface area contributed by atoms with Gasteiger partial charge in [-0.25, -0.2) is 0 Å². The topological polar surface area (TPSA) is 17.1 Å². The Hall–Kier alpha value is -1.11. The van der Waals surface area contributed by atoms with Crippen LogP contribution in [0.2, 0.25) is 0 Å². The first-order chi connectivity index (χ1) is 7.40. The van der Waals surface area contributed by atoms with Gasteiger partial charge in [-0.15, -0.1) is 0 Å². The molecule has 1 saturated carbocycles. The molecule has 0 saturated heterocycles. The van der Waals surface area contributed by atoms with E-state index in [4.69, 9.17) is 0 Å². The average molecular weight is 202 g/mol. The molecule has 0 aliphatic heterocycles. The molecule has 2 rings (SSSR count). The van der Waals surface area contributed by atoms with E-state index in [1.807, 2.05) is 0 Å². The number of hydrogen-bond donors (Lipinski definition) is 0. The minimum Gasteiger partial charge on any atom is -0.303 e. The Morgan fingerprint density at radius 3 is 2.80 bits per heavy atom. The fourth-order valence-electron chi connectivity index (χ4n) is 2.49. The quantitative estimate of drug-likeness (QED) is 0.683. The maximum absolute atomic E-state index is 10.3. The Morgan fingerprint density at radius 2 is 2.07 bits per heavy atom. The lowest BCUT2D eigenvalue weighted by Gasteiger charge is -2.10. The van der Waals surface area contributed by atoms with Crippen molar-refractivity contribution in [1.29, 1.82) is 0 Å². The zero-order valence-electron chi connectivity index (χ0n) is 9.11. The molecule has 0 amide bonds. The van der Waals surface area contributed by atoms with Gasteiger partial charge in [0.2, 0.25) is 0 Å². The largest absolute Gasteiger partial charge is 0.303 e. The highest BCUT2D eigenvalue weighted by Gasteiger charge is 2.16. The first-order valence-electron chi connectivity index (χ1n) is 5.92. The highest BCUT2D eigenvalue weighted by Crippen LogP contribution is 2.34. The maximum Gasteiger partial charge on any atom is 0.120 e. The zero-order valence-corrected chi connectivity index (χ0v) is 9.11. The summed E-state index contributed by atoms with van der Waals surface area (Å²) in [4.78, 5) is 10.3. The second kappa shape index (κ2) is 5.11. The molecular weight excluding hydrogens is 184 g/mol. The molecule has 0 heterocycles. The summed E-state index contributed by atoms with van der Waals surface area (Å²) in [6.07, 6.45) is 7.99. The Kier molecular flexibility index (Phi) is 3.54. The number of aldehydes is 1. The van der Waals surface area contributed by atoms with Gasteiger partial charge in [0, 0.05) is 6.42 Å². The second-order valence-corrected chi connectivity index (χ2v) is 4.43. The van der Waals surface area contributed by atoms with E-state index >= 15 is 0 Å². The van der Waals surface area contributed by atoms with Crippen molar-refractivity contribution in [3.05, 3.63) is 35.4 Å². The monoisotopic (exact) mass is 202 g/mol. The molecule has 0 bridgehead atoms. The first-order valence-corrected chi connectivity index (χ1v) is 5.92. The van der Waals surface area contributed by atoms with E-state index in [9.17, 15) is 4.79 Å². The van der Waals surface area contributed by atoms with Crippen molar-refractivity contribution in [3.63, 3.8) is 0 Å². The molecule has 15 heavy (non-hydrogen) atoms. The van der Waals surface area contributed by atoms with Crippen molar-refractivity contribution in [2.45, 2.75) is 44.4 Å². The van der Waals surface area contributed by atoms with E-state index in [0.29, 0.717) is 6.42 Å². The molecule has 1 aliphatic rings. The lowest BCUT2D eigenvalue weighted by atomic mass is 9.95. The standard InChI is InChI=1S/C14H18O/c15-10-4-6-12-5-3-9-14(11-12)13-7-1-2-8-13/h3,5,9-11,13H,1-2,4,6-8H2. The molecule has 0 spiro atoms. The molecule has 1 nitrogen and oxygen atoms in total. The predicted octanol–water partition coefficient (Wildman–Crippen LogP) is 3.48. The van der Waals surface area contributed by atoms with Crippen LogP contribution in [0.1, 0.15) is 49.1 Å². The van der Waals surface area contributed by atoms with Crippen molar-refractivity contribution in [2.75, 3.05) is 0 Å². The third-order valence-electron chi connectivity index (χ3n) is 3.33. The van der Waals surface area contributed by atoms with Gasteiger partial charge in [-0.1, -0.05) is 37.1 Å². The molecule has 0 N–H and O–H groups in total. The molecule has 0 unspecified atom stereocenters. The van der Waals surface area contributed by atoms with Gasteiger partial charge in [0.1, 0.15) is 6.29 Å². The van der Waals surface area contributed by atoms with Gasteiger partial charge in [0.15, 0.2) is 0 Å². The fourth-order valence-corrected chi connectivity index (χ4v) is 2.49. The van der Waals surface area contributed by atoms with Gasteiger partial charge in [0.05, 0.1) is 0 Å². The van der Waals surface area contributed by atoms with E-state index in [-0.39, 0.29) is 0 Å². The fraction of sp³-hybridized carbons (Fsp3) is 0.500. The van der Waals surface area contributed by atoms with Crippen LogP contribution in [-0.4, -0.2) is 6.29 Å². The van der Waals surface area contributed by atoms with Gasteiger partial charge >= 0.3 is 0 Å². The number of benzene rings is 1. The molecule has 1 heteroatoms. The SMILES string of the molecule is O=CCCc1cccc(C2CCCC2)c1. The van der Waals surface area contributed by atoms with Crippen LogP contribution in [0.25, 0.3) is 0 Å². The molecule has 0 aromatic heterocycles. The Bertz CT molecular complexity index is 324. The number of carbonyl (C=O) groups is 1. The summed E-state index contributed by atoms with van der Waals surface area (Å²) in [5.74, 6) is 0.779. The predicted molar refractivity (Wildman–Crippen MR) is 62.0 cm³/mol. The molecule has 1 fully saturated rings. The van der Waals surface area contributed by atoms with E-state index in [1.54, 1.807) is 0 Å². The van der Waals surface area contributed by atoms with E-state index in [1.165, 1.54) is 36.8 Å². The summed E-state index contributed by atoms with van der Waals surface area (Å²) in [7, 11) is 0. The normalized spacial score (nSPS) is 16.8. The number of hydrogen-bond acceptors (Lipinski definition) is 1. The van der Waals surface area contributed by atoms with Crippen LogP contribution < -0.4 is 0 Å². The Labute approximate surface area is 91.5 Å². The van der Waals surface area contributed by atoms with Gasteiger partial charge in [-0.2, -0.15) is 0 Å². The number of rotatable bonds is 4. The summed E-state index contributed by atoms with van der Waals surface area (Å²) in [5, 5.41) is 0. The van der Waals surface area contributed by atoms with Gasteiger partial charge in [-0.05, 0) is 36.3 Å². The lowest BCUT2D eigenvalue weighted by molar-refractivity contribution is -0.107. The molecule has 1 aromatic rings. The molecule has 1 aliphatic carbocycles. The third-order valence-corrected chi connectivity index (χ3v) is 3.33. The van der Waals surface area contributed by atoms with Crippen molar-refractivity contribution in [3.8, 4) is 0 Å². The molecule has 0 radical (unpaired) electrons. The Morgan fingerprint density at radius 1 is 1.27 bits per heavy atom. The summed E-state index contributed by atoms with van der Waals surface area (Å²) in [6, 6.07) is 8.79. The van der Waals surface area contributed by atoms with Crippen LogP contribution in [0.3, 0.4) is 0 Å². The number of aryl methyl sites for hydroxylation is 1. The summed E-state index contributed by atoms with van der Waals surface area (Å²) < 4.78 is 0. The minimum absolute atomic E-state index is 0.647. The van der Waals surface area contributed by atoms with Crippen LogP contribution in [0, 0.1) is 0 Å². The molecule has 0 atom stereocenters. The van der Waals surface area contributed by atoms with Crippen LogP contribution in [0.5, 0.6) is 0 Å². The van der Waals surface area contributed by atoms with Gasteiger partial charge in [-0.3, -0.25) is 0 Å². The van der Waals surface area contributed by atoms with Crippen molar-refractivity contribution < 1.29 is 4.79 Å². The summed E-state index contributed by atoms with van der Waals surface area (Å²) in [6.45, 7) is 0. The first kappa shape index (κ1) is 10.4. The second-order valence-electron chi connectivity index (χ2n) is 4.43. The van der Waals surface area contributed by atoms with Crippen LogP contribution in [-0.2, 0) is 11.2 Å². The van der Waals surface area contributed by atoms with Crippen molar-refractivity contribution in [1.82, 2.24) is 0 Å². The molecular formula is C14H18O. The highest BCUT2D eigenvalue weighted by molar-refractivity contribution is 5.50. The summed E-state index contributed by atoms with van der Waals surface area (Å²) in [5.41, 5.74) is 2.79. The van der Waals surface area contributed by atoms with Crippen LogP contribution in [0.4, 0.5) is 0 Å². The Balaban J connectivity index is 2.07. The van der Waals surface area contributed by atoms with E-state index < -0.39 is 0 Å². The van der Waals surface area contributed by atoms with Crippen molar-refractivity contribution in [2.24, 2.45) is 0 Å². The minimum atomic E-state index is 0.647. The molecule has 80 valence electrons. The van der Waals surface area contributed by atoms with Crippen LogP contribution in [0.15, 0.2) is 24.3 Å². The van der Waals surface area contributed by atoms with Crippen molar-refractivity contribution >= 4 is 6.29 Å².